The van der Waals surface area contributed by atoms with Crippen molar-refractivity contribution >= 4 is 11.8 Å². The van der Waals surface area contributed by atoms with Crippen LogP contribution in [0.1, 0.15) is 34.1 Å². The molecule has 80 valence electrons. The molecule has 2 nitrogen and oxygen atoms in total. The second-order valence-corrected chi connectivity index (χ2v) is 6.00. The first-order chi connectivity index (χ1) is 5.95. The predicted molar refractivity (Wildman–Crippen MR) is 59.3 cm³/mol. The van der Waals surface area contributed by atoms with Gasteiger partial charge in [0.15, 0.2) is 0 Å². The molecule has 0 aliphatic heterocycles. The normalized spacial score (nSPS) is 14.5. The third-order valence-electron chi connectivity index (χ3n) is 1.37. The van der Waals surface area contributed by atoms with Crippen LogP contribution in [0, 0.1) is 0 Å². The Morgan fingerprint density at radius 1 is 1.38 bits per heavy atom. The summed E-state index contributed by atoms with van der Waals surface area (Å²) in [5.41, 5.74) is 0. The second-order valence-electron chi connectivity index (χ2n) is 4.15. The van der Waals surface area contributed by atoms with E-state index in [1.54, 1.807) is 11.8 Å². The molecule has 0 aromatic carbocycles. The zero-order chi connectivity index (χ0) is 10.3. The van der Waals surface area contributed by atoms with Crippen LogP contribution in [0.15, 0.2) is 0 Å². The van der Waals surface area contributed by atoms with E-state index >= 15 is 0 Å². The molecule has 0 radical (unpaired) electrons. The van der Waals surface area contributed by atoms with Crippen LogP contribution in [-0.4, -0.2) is 34.9 Å². The summed E-state index contributed by atoms with van der Waals surface area (Å²) in [5, 5.41) is 9.49. The van der Waals surface area contributed by atoms with Gasteiger partial charge >= 0.3 is 0 Å². The Bertz CT molecular complexity index is 121. The zero-order valence-electron chi connectivity index (χ0n) is 9.17. The van der Waals surface area contributed by atoms with E-state index in [4.69, 9.17) is 4.74 Å². The molecule has 0 fully saturated rings. The van der Waals surface area contributed by atoms with Gasteiger partial charge in [-0.15, -0.1) is 0 Å². The third-order valence-corrected chi connectivity index (χ3v) is 2.78. The lowest BCUT2D eigenvalue weighted by atomic mass is 10.3. The van der Waals surface area contributed by atoms with Crippen LogP contribution < -0.4 is 0 Å². The van der Waals surface area contributed by atoms with Crippen molar-refractivity contribution in [2.45, 2.75) is 45.0 Å². The van der Waals surface area contributed by atoms with E-state index in [-0.39, 0.29) is 10.9 Å². The van der Waals surface area contributed by atoms with Crippen LogP contribution in [0.2, 0.25) is 0 Å². The van der Waals surface area contributed by atoms with Crippen molar-refractivity contribution in [2.24, 2.45) is 0 Å². The summed E-state index contributed by atoms with van der Waals surface area (Å²) in [5.74, 6) is 0.757. The van der Waals surface area contributed by atoms with Gasteiger partial charge in [0.05, 0.1) is 12.7 Å². The maximum absolute atomic E-state index is 9.49. The Balaban J connectivity index is 3.35. The van der Waals surface area contributed by atoms with Gasteiger partial charge < -0.3 is 9.84 Å². The van der Waals surface area contributed by atoms with E-state index in [1.165, 1.54) is 0 Å². The van der Waals surface area contributed by atoms with E-state index in [0.717, 1.165) is 18.8 Å². The minimum absolute atomic E-state index is 0.228. The van der Waals surface area contributed by atoms with Crippen molar-refractivity contribution in [3.05, 3.63) is 0 Å². The maximum Gasteiger partial charge on any atom is 0.0864 e. The van der Waals surface area contributed by atoms with Crippen molar-refractivity contribution in [3.8, 4) is 0 Å². The monoisotopic (exact) mass is 206 g/mol. The number of aliphatic hydroxyl groups is 1. The lowest BCUT2D eigenvalue weighted by Crippen LogP contribution is -2.21. The fourth-order valence-corrected chi connectivity index (χ4v) is 1.55. The van der Waals surface area contributed by atoms with Gasteiger partial charge in [0.2, 0.25) is 0 Å². The molecule has 1 N–H and O–H groups in total. The van der Waals surface area contributed by atoms with Crippen LogP contribution in [0.4, 0.5) is 0 Å². The zero-order valence-corrected chi connectivity index (χ0v) is 9.99. The highest BCUT2D eigenvalue weighted by molar-refractivity contribution is 8.00. The third kappa shape index (κ3) is 10.2. The molecule has 0 saturated heterocycles. The van der Waals surface area contributed by atoms with Crippen molar-refractivity contribution in [2.75, 3.05) is 19.0 Å². The Labute approximate surface area is 86.1 Å². The first-order valence-electron chi connectivity index (χ1n) is 4.85. The van der Waals surface area contributed by atoms with Gasteiger partial charge in [0.1, 0.15) is 0 Å². The molecule has 1 atom stereocenters. The van der Waals surface area contributed by atoms with E-state index < -0.39 is 0 Å². The summed E-state index contributed by atoms with van der Waals surface area (Å²) in [6.45, 7) is 9.73. The van der Waals surface area contributed by atoms with Crippen LogP contribution in [-0.2, 0) is 4.74 Å². The number of rotatable bonds is 6. The Morgan fingerprint density at radius 2 is 2.00 bits per heavy atom. The highest BCUT2D eigenvalue weighted by Gasteiger charge is 2.13. The van der Waals surface area contributed by atoms with E-state index in [0.29, 0.717) is 6.61 Å². The molecule has 0 rings (SSSR count). The first kappa shape index (κ1) is 13.3. The highest BCUT2D eigenvalue weighted by Crippen LogP contribution is 2.23. The summed E-state index contributed by atoms with van der Waals surface area (Å²) < 4.78 is 5.47. The molecular formula is C10H22O2S. The second kappa shape index (κ2) is 6.68. The average Bonchev–Trinajstić information content (AvgIpc) is 2.00. The number of thioether (sulfide) groups is 1. The van der Waals surface area contributed by atoms with E-state index in [2.05, 4.69) is 27.7 Å². The van der Waals surface area contributed by atoms with Crippen LogP contribution in [0.5, 0.6) is 0 Å². The first-order valence-corrected chi connectivity index (χ1v) is 5.84. The molecular weight excluding hydrogens is 184 g/mol. The molecule has 0 bridgehead atoms. The molecule has 0 heterocycles. The Morgan fingerprint density at radius 3 is 2.46 bits per heavy atom. The van der Waals surface area contributed by atoms with Gasteiger partial charge in [-0.2, -0.15) is 11.8 Å². The molecule has 0 aromatic heterocycles. The number of aliphatic hydroxyl groups excluding tert-OH is 1. The van der Waals surface area contributed by atoms with Crippen LogP contribution in [0.3, 0.4) is 0 Å². The quantitative estimate of drug-likeness (QED) is 0.676. The smallest absolute Gasteiger partial charge is 0.0864 e. The van der Waals surface area contributed by atoms with Gasteiger partial charge in [0.25, 0.3) is 0 Å². The summed E-state index contributed by atoms with van der Waals surface area (Å²) in [6, 6.07) is 0. The number of ether oxygens (including phenoxy) is 1. The number of hydrogen-bond donors (Lipinski definition) is 1. The SMILES string of the molecule is CCCOCC(O)CSC(C)(C)C. The fraction of sp³-hybridized carbons (Fsp3) is 1.00. The molecule has 0 saturated carbocycles. The molecule has 13 heavy (non-hydrogen) atoms. The Hall–Kier alpha value is 0.270. The van der Waals surface area contributed by atoms with Gasteiger partial charge in [0, 0.05) is 17.1 Å². The summed E-state index contributed by atoms with van der Waals surface area (Å²) in [7, 11) is 0. The predicted octanol–water partition coefficient (Wildman–Crippen LogP) is 2.31. The highest BCUT2D eigenvalue weighted by atomic mass is 32.2. The molecule has 0 spiro atoms. The minimum Gasteiger partial charge on any atom is -0.390 e. The standard InChI is InChI=1S/C10H22O2S/c1-5-6-12-7-9(11)8-13-10(2,3)4/h9,11H,5-8H2,1-4H3. The van der Waals surface area contributed by atoms with Crippen molar-refractivity contribution in [1.82, 2.24) is 0 Å². The summed E-state index contributed by atoms with van der Waals surface area (Å²) in [4.78, 5) is 0. The van der Waals surface area contributed by atoms with Crippen LogP contribution in [0.25, 0.3) is 0 Å². The van der Waals surface area contributed by atoms with Gasteiger partial charge in [-0.05, 0) is 6.42 Å². The van der Waals surface area contributed by atoms with Gasteiger partial charge in [-0.3, -0.25) is 0 Å². The molecule has 0 amide bonds. The summed E-state index contributed by atoms with van der Waals surface area (Å²) >= 11 is 1.77. The fourth-order valence-electron chi connectivity index (χ4n) is 0.758. The van der Waals surface area contributed by atoms with Crippen molar-refractivity contribution in [3.63, 3.8) is 0 Å². The van der Waals surface area contributed by atoms with Gasteiger partial charge in [-0.1, -0.05) is 27.7 Å². The summed E-state index contributed by atoms with van der Waals surface area (Å²) in [6.07, 6.45) is 0.690. The van der Waals surface area contributed by atoms with E-state index in [1.807, 2.05) is 0 Å². The van der Waals surface area contributed by atoms with Gasteiger partial charge in [-0.25, -0.2) is 0 Å². The molecule has 0 aromatic rings. The minimum atomic E-state index is -0.323. The molecule has 0 aliphatic carbocycles. The lowest BCUT2D eigenvalue weighted by Gasteiger charge is -2.19. The van der Waals surface area contributed by atoms with Crippen LogP contribution >= 0.6 is 11.8 Å². The lowest BCUT2D eigenvalue weighted by molar-refractivity contribution is 0.0488. The van der Waals surface area contributed by atoms with Crippen molar-refractivity contribution in [1.29, 1.82) is 0 Å². The molecule has 0 aliphatic rings. The Kier molecular flexibility index (Phi) is 6.82. The van der Waals surface area contributed by atoms with E-state index in [9.17, 15) is 5.11 Å². The maximum atomic E-state index is 9.49. The molecule has 3 heteroatoms. The largest absolute Gasteiger partial charge is 0.390 e. The van der Waals surface area contributed by atoms with Crippen molar-refractivity contribution < 1.29 is 9.84 Å². The average molecular weight is 206 g/mol. The topological polar surface area (TPSA) is 29.5 Å². The molecule has 1 unspecified atom stereocenters. The number of hydrogen-bond acceptors (Lipinski definition) is 3.